The Labute approximate surface area is 211 Å². The van der Waals surface area contributed by atoms with Crippen molar-refractivity contribution in [3.05, 3.63) is 87.4 Å². The number of carbonyl (C=O) groups is 2. The molecule has 5 nitrogen and oxygen atoms in total. The largest absolute Gasteiger partial charge is 0.356 e. The zero-order valence-corrected chi connectivity index (χ0v) is 21.3. The average molecular weight is 488 g/mol. The van der Waals surface area contributed by atoms with Gasteiger partial charge in [-0.1, -0.05) is 60.7 Å². The van der Waals surface area contributed by atoms with E-state index in [2.05, 4.69) is 58.8 Å². The highest BCUT2D eigenvalue weighted by atomic mass is 32.1. The van der Waals surface area contributed by atoms with Crippen molar-refractivity contribution in [3.8, 4) is 0 Å². The summed E-state index contributed by atoms with van der Waals surface area (Å²) < 4.78 is 0. The first-order valence-corrected chi connectivity index (χ1v) is 13.4. The first kappa shape index (κ1) is 23.7. The smallest absolute Gasteiger partial charge is 0.265 e. The summed E-state index contributed by atoms with van der Waals surface area (Å²) in [5, 5.41) is 4.16. The van der Waals surface area contributed by atoms with E-state index in [1.54, 1.807) is 0 Å². The maximum Gasteiger partial charge on any atom is 0.265 e. The molecule has 3 aromatic rings. The van der Waals surface area contributed by atoms with Gasteiger partial charge < -0.3 is 10.2 Å². The fraction of sp³-hybridized carbons (Fsp3) is 0.414. The Hall–Kier alpha value is -2.99. The standard InChI is InChI=1S/C29H33N3O2S/c1-20-26(35-21(2)31-20)28(34)32-17-14-29(15-18-32)19-25(29)27(33)30-16-13-24(22-9-5-3-6-10-22)23-11-7-4-8-12-23/h3-12,24-25H,13-19H2,1-2H3,(H,30,33). The van der Waals surface area contributed by atoms with Gasteiger partial charge in [0.15, 0.2) is 0 Å². The summed E-state index contributed by atoms with van der Waals surface area (Å²) in [7, 11) is 0. The van der Waals surface area contributed by atoms with Gasteiger partial charge in [-0.05, 0) is 56.1 Å². The summed E-state index contributed by atoms with van der Waals surface area (Å²) in [6.07, 6.45) is 3.63. The highest BCUT2D eigenvalue weighted by Gasteiger charge is 2.58. The monoisotopic (exact) mass is 487 g/mol. The van der Waals surface area contributed by atoms with E-state index in [-0.39, 0.29) is 29.1 Å². The Morgan fingerprint density at radius 1 is 1.03 bits per heavy atom. The molecule has 6 heteroatoms. The van der Waals surface area contributed by atoms with Gasteiger partial charge in [0.25, 0.3) is 5.91 Å². The number of nitrogens with zero attached hydrogens (tertiary/aromatic N) is 2. The van der Waals surface area contributed by atoms with E-state index < -0.39 is 0 Å². The van der Waals surface area contributed by atoms with Gasteiger partial charge in [-0.2, -0.15) is 0 Å². The van der Waals surface area contributed by atoms with Crippen LogP contribution in [0.25, 0.3) is 0 Å². The highest BCUT2D eigenvalue weighted by molar-refractivity contribution is 7.13. The zero-order chi connectivity index (χ0) is 24.4. The van der Waals surface area contributed by atoms with Crippen molar-refractivity contribution in [1.29, 1.82) is 0 Å². The van der Waals surface area contributed by atoms with Crippen LogP contribution >= 0.6 is 11.3 Å². The number of piperidine rings is 1. The van der Waals surface area contributed by atoms with E-state index in [0.29, 0.717) is 6.54 Å². The van der Waals surface area contributed by atoms with Crippen LogP contribution in [-0.2, 0) is 4.79 Å². The Morgan fingerprint density at radius 3 is 2.17 bits per heavy atom. The number of likely N-dealkylation sites (tertiary alicyclic amines) is 1. The molecule has 1 spiro atoms. The van der Waals surface area contributed by atoms with Gasteiger partial charge in [-0.3, -0.25) is 9.59 Å². The van der Waals surface area contributed by atoms with Crippen molar-refractivity contribution in [3.63, 3.8) is 0 Å². The number of thiazole rings is 1. The third-order valence-electron chi connectivity index (χ3n) is 7.79. The molecule has 1 atom stereocenters. The molecule has 5 rings (SSSR count). The number of hydrogen-bond acceptors (Lipinski definition) is 4. The highest BCUT2D eigenvalue weighted by Crippen LogP contribution is 2.59. The number of hydrogen-bond donors (Lipinski definition) is 1. The number of rotatable bonds is 7. The molecule has 1 N–H and O–H groups in total. The Bertz CT molecular complexity index is 1140. The average Bonchev–Trinajstić information content (AvgIpc) is 3.47. The number of amides is 2. The molecule has 1 saturated heterocycles. The first-order chi connectivity index (χ1) is 17.0. The van der Waals surface area contributed by atoms with Crippen molar-refractivity contribution in [2.24, 2.45) is 11.3 Å². The maximum atomic E-state index is 13.0. The van der Waals surface area contributed by atoms with Gasteiger partial charge in [-0.25, -0.2) is 4.98 Å². The van der Waals surface area contributed by atoms with E-state index in [1.807, 2.05) is 30.9 Å². The minimum atomic E-state index is 0.0811. The van der Waals surface area contributed by atoms with E-state index in [9.17, 15) is 9.59 Å². The van der Waals surface area contributed by atoms with E-state index in [4.69, 9.17) is 0 Å². The van der Waals surface area contributed by atoms with Gasteiger partial charge >= 0.3 is 0 Å². The Morgan fingerprint density at radius 2 is 1.63 bits per heavy atom. The second kappa shape index (κ2) is 9.94. The molecule has 1 unspecified atom stereocenters. The molecule has 182 valence electrons. The fourth-order valence-corrected chi connectivity index (χ4v) is 6.55. The summed E-state index contributed by atoms with van der Waals surface area (Å²) in [4.78, 5) is 33.1. The van der Waals surface area contributed by atoms with Crippen LogP contribution in [0.3, 0.4) is 0 Å². The first-order valence-electron chi connectivity index (χ1n) is 12.6. The van der Waals surface area contributed by atoms with Crippen molar-refractivity contribution >= 4 is 23.2 Å². The van der Waals surface area contributed by atoms with Crippen LogP contribution in [0.1, 0.15) is 63.1 Å². The molecule has 2 aliphatic rings. The molecule has 2 amide bonds. The molecule has 35 heavy (non-hydrogen) atoms. The van der Waals surface area contributed by atoms with Crippen LogP contribution in [0.5, 0.6) is 0 Å². The van der Waals surface area contributed by atoms with Crippen LogP contribution in [-0.4, -0.2) is 41.3 Å². The second-order valence-corrected chi connectivity index (χ2v) is 11.2. The number of carbonyl (C=O) groups excluding carboxylic acids is 2. The molecular weight excluding hydrogens is 454 g/mol. The lowest BCUT2D eigenvalue weighted by Crippen LogP contribution is -2.40. The van der Waals surface area contributed by atoms with E-state index in [0.717, 1.165) is 54.4 Å². The predicted molar refractivity (Wildman–Crippen MR) is 140 cm³/mol. The third kappa shape index (κ3) is 5.03. The lowest BCUT2D eigenvalue weighted by Gasteiger charge is -2.32. The van der Waals surface area contributed by atoms with Gasteiger partial charge in [0.2, 0.25) is 5.91 Å². The summed E-state index contributed by atoms with van der Waals surface area (Å²) in [5.41, 5.74) is 3.46. The summed E-state index contributed by atoms with van der Waals surface area (Å²) in [5.74, 6) is 0.619. The van der Waals surface area contributed by atoms with Crippen LogP contribution < -0.4 is 5.32 Å². The predicted octanol–water partition coefficient (Wildman–Crippen LogP) is 5.34. The third-order valence-corrected chi connectivity index (χ3v) is 8.85. The van der Waals surface area contributed by atoms with Gasteiger partial charge in [0, 0.05) is 31.5 Å². The van der Waals surface area contributed by atoms with Gasteiger partial charge in [0.1, 0.15) is 4.88 Å². The molecule has 1 aliphatic carbocycles. The van der Waals surface area contributed by atoms with Crippen molar-refractivity contribution < 1.29 is 9.59 Å². The quantitative estimate of drug-likeness (QED) is 0.489. The van der Waals surface area contributed by atoms with E-state index in [1.165, 1.54) is 22.5 Å². The molecule has 1 aliphatic heterocycles. The molecule has 1 aromatic heterocycles. The second-order valence-electron chi connectivity index (χ2n) is 10.0. The van der Waals surface area contributed by atoms with Crippen LogP contribution in [0.4, 0.5) is 0 Å². The molecule has 2 aromatic carbocycles. The van der Waals surface area contributed by atoms with Crippen LogP contribution in [0, 0.1) is 25.2 Å². The molecule has 2 fully saturated rings. The summed E-state index contributed by atoms with van der Waals surface area (Å²) in [6.45, 7) is 5.96. The van der Waals surface area contributed by atoms with E-state index >= 15 is 0 Å². The van der Waals surface area contributed by atoms with Gasteiger partial charge in [-0.15, -0.1) is 11.3 Å². The van der Waals surface area contributed by atoms with Crippen molar-refractivity contribution in [2.45, 2.75) is 45.4 Å². The SMILES string of the molecule is Cc1nc(C)c(C(=O)N2CCC3(CC2)CC3C(=O)NCCC(c2ccccc2)c2ccccc2)s1. The molecule has 1 saturated carbocycles. The van der Waals surface area contributed by atoms with Crippen molar-refractivity contribution in [1.82, 2.24) is 15.2 Å². The molecular formula is C29H33N3O2S. The van der Waals surface area contributed by atoms with Crippen molar-refractivity contribution in [2.75, 3.05) is 19.6 Å². The van der Waals surface area contributed by atoms with Gasteiger partial charge in [0.05, 0.1) is 10.7 Å². The minimum absolute atomic E-state index is 0.0811. The number of benzene rings is 2. The van der Waals surface area contributed by atoms with Crippen LogP contribution in [0.15, 0.2) is 60.7 Å². The fourth-order valence-electron chi connectivity index (χ4n) is 5.66. The maximum absolute atomic E-state index is 13.0. The molecule has 0 radical (unpaired) electrons. The summed E-state index contributed by atoms with van der Waals surface area (Å²) >= 11 is 1.48. The zero-order valence-electron chi connectivity index (χ0n) is 20.5. The molecule has 0 bridgehead atoms. The summed E-state index contributed by atoms with van der Waals surface area (Å²) in [6, 6.07) is 21.0. The normalized spacial score (nSPS) is 18.6. The topological polar surface area (TPSA) is 62.3 Å². The van der Waals surface area contributed by atoms with Crippen LogP contribution in [0.2, 0.25) is 0 Å². The number of aryl methyl sites for hydroxylation is 2. The number of nitrogens with one attached hydrogen (secondary N) is 1. The Kier molecular flexibility index (Phi) is 6.74. The lowest BCUT2D eigenvalue weighted by atomic mass is 9.88. The minimum Gasteiger partial charge on any atom is -0.356 e. The lowest BCUT2D eigenvalue weighted by molar-refractivity contribution is -0.123. The Balaban J connectivity index is 1.14. The number of aromatic nitrogens is 1. The molecule has 2 heterocycles.